The van der Waals surface area contributed by atoms with Gasteiger partial charge >= 0.3 is 0 Å². The second-order valence-electron chi connectivity index (χ2n) is 6.85. The molecule has 0 aliphatic carbocycles. The van der Waals surface area contributed by atoms with Gasteiger partial charge in [-0.1, -0.05) is 25.5 Å². The van der Waals surface area contributed by atoms with Gasteiger partial charge in [0.15, 0.2) is 0 Å². The Morgan fingerprint density at radius 2 is 1.83 bits per heavy atom. The monoisotopic (exact) mass is 390 g/mol. The molecule has 5 nitrogen and oxygen atoms in total. The van der Waals surface area contributed by atoms with Crippen molar-refractivity contribution in [3.05, 3.63) is 83.2 Å². The van der Waals surface area contributed by atoms with Crippen LogP contribution in [0.25, 0.3) is 0 Å². The van der Waals surface area contributed by atoms with Crippen LogP contribution < -0.4 is 10.1 Å². The molecule has 5 heteroatoms. The lowest BCUT2D eigenvalue weighted by Crippen LogP contribution is -2.14. The van der Waals surface area contributed by atoms with Crippen molar-refractivity contribution in [1.82, 2.24) is 4.98 Å². The largest absolute Gasteiger partial charge is 0.457 e. The van der Waals surface area contributed by atoms with Crippen molar-refractivity contribution < 1.29 is 14.3 Å². The Morgan fingerprint density at radius 1 is 1.03 bits per heavy atom. The van der Waals surface area contributed by atoms with Crippen molar-refractivity contribution >= 4 is 11.6 Å². The molecule has 3 rings (SSSR count). The molecule has 1 amide bonds. The molecule has 0 radical (unpaired) electrons. The molecule has 150 valence electrons. The maximum Gasteiger partial charge on any atom is 0.257 e. The maximum atomic E-state index is 12.6. The standard InChI is InChI=1S/C24H26N2O3/c1-4-6-18-7-5-8-22(15-18)29-21-12-9-19(10-13-21)26-24(27)23-14-11-20(16-28-3)25-17(23)2/h5,7-15H,4,6,16H2,1-3H3,(H,26,27). The van der Waals surface area contributed by atoms with Gasteiger partial charge in [-0.15, -0.1) is 0 Å². The van der Waals surface area contributed by atoms with Crippen molar-refractivity contribution in [1.29, 1.82) is 0 Å². The Bertz CT molecular complexity index is 968. The maximum absolute atomic E-state index is 12.6. The quantitative estimate of drug-likeness (QED) is 0.549. The lowest BCUT2D eigenvalue weighted by molar-refractivity contribution is 0.102. The Hall–Kier alpha value is -3.18. The van der Waals surface area contributed by atoms with Gasteiger partial charge < -0.3 is 14.8 Å². The summed E-state index contributed by atoms with van der Waals surface area (Å²) in [5.74, 6) is 1.34. The van der Waals surface area contributed by atoms with E-state index in [1.807, 2.05) is 43.3 Å². The summed E-state index contributed by atoms with van der Waals surface area (Å²) in [7, 11) is 1.62. The molecule has 1 aromatic heterocycles. The van der Waals surface area contributed by atoms with E-state index in [1.165, 1.54) is 5.56 Å². The predicted molar refractivity (Wildman–Crippen MR) is 115 cm³/mol. The number of aryl methyl sites for hydroxylation is 2. The number of carbonyl (C=O) groups excluding carboxylic acids is 1. The first-order valence-corrected chi connectivity index (χ1v) is 9.72. The third-order valence-electron chi connectivity index (χ3n) is 4.47. The Labute approximate surface area is 171 Å². The summed E-state index contributed by atoms with van der Waals surface area (Å²) in [4.78, 5) is 17.0. The summed E-state index contributed by atoms with van der Waals surface area (Å²) < 4.78 is 11.0. The fraction of sp³-hybridized carbons (Fsp3) is 0.250. The lowest BCUT2D eigenvalue weighted by atomic mass is 10.1. The highest BCUT2D eigenvalue weighted by atomic mass is 16.5. The summed E-state index contributed by atoms with van der Waals surface area (Å²) in [6.07, 6.45) is 2.13. The van der Waals surface area contributed by atoms with Crippen LogP contribution in [0.4, 0.5) is 5.69 Å². The number of hydrogen-bond donors (Lipinski definition) is 1. The number of amides is 1. The van der Waals surface area contributed by atoms with Crippen LogP contribution in [0, 0.1) is 6.92 Å². The SMILES string of the molecule is CCCc1cccc(Oc2ccc(NC(=O)c3ccc(COC)nc3C)cc2)c1. The minimum atomic E-state index is -0.195. The molecule has 0 saturated heterocycles. The number of nitrogens with one attached hydrogen (secondary N) is 1. The van der Waals surface area contributed by atoms with E-state index in [0.29, 0.717) is 23.6 Å². The summed E-state index contributed by atoms with van der Waals surface area (Å²) in [6.45, 7) is 4.40. The van der Waals surface area contributed by atoms with E-state index in [9.17, 15) is 4.79 Å². The van der Waals surface area contributed by atoms with Crippen LogP contribution in [-0.2, 0) is 17.8 Å². The highest BCUT2D eigenvalue weighted by molar-refractivity contribution is 6.05. The molecule has 0 fully saturated rings. The van der Waals surface area contributed by atoms with E-state index in [4.69, 9.17) is 9.47 Å². The van der Waals surface area contributed by atoms with Gasteiger partial charge in [-0.05, 0) is 67.4 Å². The van der Waals surface area contributed by atoms with Gasteiger partial charge in [0.2, 0.25) is 0 Å². The number of aromatic nitrogens is 1. The molecule has 2 aromatic carbocycles. The topological polar surface area (TPSA) is 60.5 Å². The van der Waals surface area contributed by atoms with Crippen LogP contribution in [0.1, 0.15) is 40.7 Å². The van der Waals surface area contributed by atoms with E-state index < -0.39 is 0 Å². The number of pyridine rings is 1. The van der Waals surface area contributed by atoms with Crippen LogP contribution >= 0.6 is 0 Å². The Morgan fingerprint density at radius 3 is 2.52 bits per heavy atom. The van der Waals surface area contributed by atoms with Gasteiger partial charge in [0.25, 0.3) is 5.91 Å². The molecule has 0 saturated carbocycles. The fourth-order valence-corrected chi connectivity index (χ4v) is 3.08. The van der Waals surface area contributed by atoms with Gasteiger partial charge in [0, 0.05) is 12.8 Å². The fourth-order valence-electron chi connectivity index (χ4n) is 3.08. The summed E-state index contributed by atoms with van der Waals surface area (Å²) in [5.41, 5.74) is 3.96. The Kier molecular flexibility index (Phi) is 6.98. The second kappa shape index (κ2) is 9.85. The minimum Gasteiger partial charge on any atom is -0.457 e. The average Bonchev–Trinajstić information content (AvgIpc) is 2.70. The number of hydrogen-bond acceptors (Lipinski definition) is 4. The van der Waals surface area contributed by atoms with Crippen LogP contribution in [0.15, 0.2) is 60.7 Å². The highest BCUT2D eigenvalue weighted by Gasteiger charge is 2.11. The molecule has 0 bridgehead atoms. The van der Waals surface area contributed by atoms with Gasteiger partial charge in [-0.25, -0.2) is 0 Å². The first-order valence-electron chi connectivity index (χ1n) is 9.72. The molecule has 29 heavy (non-hydrogen) atoms. The summed E-state index contributed by atoms with van der Waals surface area (Å²) in [5, 5.41) is 2.90. The zero-order valence-corrected chi connectivity index (χ0v) is 17.1. The van der Waals surface area contributed by atoms with Crippen molar-refractivity contribution in [2.45, 2.75) is 33.3 Å². The third kappa shape index (κ3) is 5.65. The third-order valence-corrected chi connectivity index (χ3v) is 4.47. The van der Waals surface area contributed by atoms with E-state index in [1.54, 1.807) is 19.2 Å². The number of ether oxygens (including phenoxy) is 2. The van der Waals surface area contributed by atoms with Crippen molar-refractivity contribution in [2.75, 3.05) is 12.4 Å². The van der Waals surface area contributed by atoms with Gasteiger partial charge in [0.1, 0.15) is 11.5 Å². The molecular weight excluding hydrogens is 364 g/mol. The molecule has 0 aliphatic heterocycles. The molecule has 1 N–H and O–H groups in total. The lowest BCUT2D eigenvalue weighted by Gasteiger charge is -2.10. The van der Waals surface area contributed by atoms with Crippen LogP contribution in [0.3, 0.4) is 0 Å². The molecule has 0 aliphatic rings. The number of benzene rings is 2. The molecular formula is C24H26N2O3. The number of rotatable bonds is 8. The zero-order chi connectivity index (χ0) is 20.6. The first kappa shape index (κ1) is 20.6. The molecule has 3 aromatic rings. The van der Waals surface area contributed by atoms with Crippen molar-refractivity contribution in [3.63, 3.8) is 0 Å². The number of nitrogens with zero attached hydrogens (tertiary/aromatic N) is 1. The average molecular weight is 390 g/mol. The summed E-state index contributed by atoms with van der Waals surface area (Å²) in [6, 6.07) is 19.0. The van der Waals surface area contributed by atoms with Gasteiger partial charge in [-0.3, -0.25) is 9.78 Å². The zero-order valence-electron chi connectivity index (χ0n) is 17.1. The summed E-state index contributed by atoms with van der Waals surface area (Å²) >= 11 is 0. The minimum absolute atomic E-state index is 0.195. The number of carbonyl (C=O) groups is 1. The van der Waals surface area contributed by atoms with Crippen LogP contribution in [0.2, 0.25) is 0 Å². The smallest absolute Gasteiger partial charge is 0.257 e. The molecule has 0 atom stereocenters. The second-order valence-corrected chi connectivity index (χ2v) is 6.85. The molecule has 0 spiro atoms. The Balaban J connectivity index is 1.64. The number of methoxy groups -OCH3 is 1. The van der Waals surface area contributed by atoms with E-state index in [0.717, 1.165) is 30.0 Å². The van der Waals surface area contributed by atoms with Crippen molar-refractivity contribution in [3.8, 4) is 11.5 Å². The van der Waals surface area contributed by atoms with E-state index in [2.05, 4.69) is 29.4 Å². The van der Waals surface area contributed by atoms with E-state index >= 15 is 0 Å². The van der Waals surface area contributed by atoms with Crippen LogP contribution in [-0.4, -0.2) is 18.0 Å². The van der Waals surface area contributed by atoms with Gasteiger partial charge in [0.05, 0.1) is 23.6 Å². The number of anilines is 1. The first-order chi connectivity index (χ1) is 14.1. The highest BCUT2D eigenvalue weighted by Crippen LogP contribution is 2.24. The van der Waals surface area contributed by atoms with E-state index in [-0.39, 0.29) is 5.91 Å². The normalized spacial score (nSPS) is 10.6. The molecule has 0 unspecified atom stereocenters. The molecule has 1 heterocycles. The van der Waals surface area contributed by atoms with Crippen molar-refractivity contribution in [2.24, 2.45) is 0 Å². The van der Waals surface area contributed by atoms with Crippen LogP contribution in [0.5, 0.6) is 11.5 Å². The van der Waals surface area contributed by atoms with Gasteiger partial charge in [-0.2, -0.15) is 0 Å². The predicted octanol–water partition coefficient (Wildman–Crippen LogP) is 5.53.